The molecule has 0 fully saturated rings. The summed E-state index contributed by atoms with van der Waals surface area (Å²) < 4.78 is 10.6. The fourth-order valence-corrected chi connectivity index (χ4v) is 1.16. The van der Waals surface area contributed by atoms with Crippen LogP contribution in [0.3, 0.4) is 0 Å². The molecule has 13 heavy (non-hydrogen) atoms. The molecule has 0 saturated heterocycles. The van der Waals surface area contributed by atoms with Gasteiger partial charge in [0.2, 0.25) is 6.10 Å². The van der Waals surface area contributed by atoms with Gasteiger partial charge < -0.3 is 15.2 Å². The molecular formula is C9H9NO3. The summed E-state index contributed by atoms with van der Waals surface area (Å²) in [7, 11) is 0. The van der Waals surface area contributed by atoms with E-state index in [4.69, 9.17) is 15.2 Å². The predicted molar refractivity (Wildman–Crippen MR) is 45.5 cm³/mol. The number of para-hydroxylation sites is 2. The zero-order valence-electron chi connectivity index (χ0n) is 6.90. The molecule has 1 atom stereocenters. The van der Waals surface area contributed by atoms with Crippen molar-refractivity contribution in [3.05, 3.63) is 24.3 Å². The van der Waals surface area contributed by atoms with Crippen molar-refractivity contribution in [2.75, 3.05) is 6.61 Å². The van der Waals surface area contributed by atoms with Gasteiger partial charge in [0.15, 0.2) is 11.5 Å². The van der Waals surface area contributed by atoms with Crippen molar-refractivity contribution in [3.8, 4) is 11.5 Å². The maximum Gasteiger partial charge on any atom is 0.262 e. The van der Waals surface area contributed by atoms with Gasteiger partial charge in [0.1, 0.15) is 6.61 Å². The summed E-state index contributed by atoms with van der Waals surface area (Å²) in [6.45, 7) is 0.187. The normalized spacial score (nSPS) is 19.5. The van der Waals surface area contributed by atoms with E-state index in [1.807, 2.05) is 12.1 Å². The number of hydrogen-bond acceptors (Lipinski definition) is 3. The van der Waals surface area contributed by atoms with Crippen LogP contribution in [0.5, 0.6) is 11.5 Å². The van der Waals surface area contributed by atoms with E-state index >= 15 is 0 Å². The first-order valence-corrected chi connectivity index (χ1v) is 3.95. The minimum absolute atomic E-state index is 0.187. The molecule has 4 nitrogen and oxygen atoms in total. The number of benzene rings is 1. The molecule has 2 rings (SSSR count). The van der Waals surface area contributed by atoms with Crippen molar-refractivity contribution in [2.45, 2.75) is 6.10 Å². The van der Waals surface area contributed by atoms with Crippen molar-refractivity contribution in [2.24, 2.45) is 5.73 Å². The zero-order chi connectivity index (χ0) is 9.26. The highest BCUT2D eigenvalue weighted by Crippen LogP contribution is 2.30. The first-order chi connectivity index (χ1) is 6.27. The third kappa shape index (κ3) is 1.42. The molecular weight excluding hydrogens is 170 g/mol. The first-order valence-electron chi connectivity index (χ1n) is 3.95. The lowest BCUT2D eigenvalue weighted by Gasteiger charge is -2.23. The van der Waals surface area contributed by atoms with Crippen molar-refractivity contribution < 1.29 is 14.3 Å². The summed E-state index contributed by atoms with van der Waals surface area (Å²) in [6, 6.07) is 7.18. The van der Waals surface area contributed by atoms with Crippen molar-refractivity contribution in [1.29, 1.82) is 0 Å². The van der Waals surface area contributed by atoms with E-state index in [1.54, 1.807) is 12.1 Å². The van der Waals surface area contributed by atoms with Gasteiger partial charge in [-0.25, -0.2) is 0 Å². The summed E-state index contributed by atoms with van der Waals surface area (Å²) in [6.07, 6.45) is -0.671. The molecule has 0 saturated carbocycles. The molecule has 68 valence electrons. The molecule has 1 aromatic rings. The number of carbonyl (C=O) groups excluding carboxylic acids is 1. The van der Waals surface area contributed by atoms with Gasteiger partial charge in [-0.2, -0.15) is 0 Å². The van der Waals surface area contributed by atoms with Crippen molar-refractivity contribution in [1.82, 2.24) is 0 Å². The van der Waals surface area contributed by atoms with Crippen LogP contribution in [0.25, 0.3) is 0 Å². The van der Waals surface area contributed by atoms with Gasteiger partial charge in [-0.3, -0.25) is 4.79 Å². The number of nitrogens with two attached hydrogens (primary N) is 1. The molecule has 4 heteroatoms. The second kappa shape index (κ2) is 2.97. The lowest BCUT2D eigenvalue weighted by atomic mass is 10.2. The summed E-state index contributed by atoms with van der Waals surface area (Å²) in [4.78, 5) is 10.8. The van der Waals surface area contributed by atoms with Gasteiger partial charge in [-0.15, -0.1) is 0 Å². The Balaban J connectivity index is 2.24. The second-order valence-corrected chi connectivity index (χ2v) is 2.77. The fourth-order valence-electron chi connectivity index (χ4n) is 1.16. The van der Waals surface area contributed by atoms with Crippen LogP contribution in [-0.2, 0) is 4.79 Å². The van der Waals surface area contributed by atoms with Gasteiger partial charge >= 0.3 is 0 Å². The number of amides is 1. The summed E-state index contributed by atoms with van der Waals surface area (Å²) in [5.41, 5.74) is 5.08. The zero-order valence-corrected chi connectivity index (χ0v) is 6.90. The maximum atomic E-state index is 10.8. The van der Waals surface area contributed by atoms with Crippen LogP contribution in [0.2, 0.25) is 0 Å². The standard InChI is InChI=1S/C9H9NO3/c10-9(11)8-5-12-6-3-1-2-4-7(6)13-8/h1-4,8H,5H2,(H2,10,11). The van der Waals surface area contributed by atoms with Crippen LogP contribution in [0.4, 0.5) is 0 Å². The summed E-state index contributed by atoms with van der Waals surface area (Å²) >= 11 is 0. The lowest BCUT2D eigenvalue weighted by molar-refractivity contribution is -0.127. The number of fused-ring (bicyclic) bond motifs is 1. The van der Waals surface area contributed by atoms with E-state index in [0.29, 0.717) is 11.5 Å². The van der Waals surface area contributed by atoms with Crippen LogP contribution < -0.4 is 15.2 Å². The van der Waals surface area contributed by atoms with Crippen LogP contribution >= 0.6 is 0 Å². The third-order valence-corrected chi connectivity index (χ3v) is 1.83. The third-order valence-electron chi connectivity index (χ3n) is 1.83. The van der Waals surface area contributed by atoms with Gasteiger partial charge in [0, 0.05) is 0 Å². The van der Waals surface area contributed by atoms with Crippen LogP contribution in [0.15, 0.2) is 24.3 Å². The van der Waals surface area contributed by atoms with Crippen LogP contribution in [-0.4, -0.2) is 18.6 Å². The summed E-state index contributed by atoms with van der Waals surface area (Å²) in [5, 5.41) is 0. The quantitative estimate of drug-likeness (QED) is 0.675. The predicted octanol–water partition coefficient (Wildman–Crippen LogP) is 0.312. The molecule has 0 radical (unpaired) electrons. The Morgan fingerprint density at radius 2 is 2.08 bits per heavy atom. The summed E-state index contributed by atoms with van der Waals surface area (Å²) in [5.74, 6) is 0.715. The molecule has 2 N–H and O–H groups in total. The molecule has 1 aromatic carbocycles. The van der Waals surface area contributed by atoms with Crippen LogP contribution in [0.1, 0.15) is 0 Å². The first kappa shape index (κ1) is 7.91. The monoisotopic (exact) mass is 179 g/mol. The van der Waals surface area contributed by atoms with Crippen molar-refractivity contribution >= 4 is 5.91 Å². The minimum Gasteiger partial charge on any atom is -0.485 e. The van der Waals surface area contributed by atoms with Crippen LogP contribution in [0, 0.1) is 0 Å². The SMILES string of the molecule is NC(=O)C1COc2ccccc2O1. The number of primary amides is 1. The fraction of sp³-hybridized carbons (Fsp3) is 0.222. The topological polar surface area (TPSA) is 61.6 Å². The molecule has 0 aliphatic carbocycles. The van der Waals surface area contributed by atoms with Crippen molar-refractivity contribution in [3.63, 3.8) is 0 Å². The lowest BCUT2D eigenvalue weighted by Crippen LogP contribution is -2.40. The Hall–Kier alpha value is -1.71. The Kier molecular flexibility index (Phi) is 1.81. The molecule has 0 spiro atoms. The highest BCUT2D eigenvalue weighted by atomic mass is 16.6. The Labute approximate surface area is 75.2 Å². The van der Waals surface area contributed by atoms with E-state index < -0.39 is 12.0 Å². The molecule has 1 heterocycles. The molecule has 0 aromatic heterocycles. The second-order valence-electron chi connectivity index (χ2n) is 2.77. The van der Waals surface area contributed by atoms with E-state index in [9.17, 15) is 4.79 Å². The largest absolute Gasteiger partial charge is 0.485 e. The Morgan fingerprint density at radius 1 is 1.38 bits per heavy atom. The molecule has 1 amide bonds. The average molecular weight is 179 g/mol. The number of ether oxygens (including phenoxy) is 2. The molecule has 1 aliphatic rings. The smallest absolute Gasteiger partial charge is 0.262 e. The van der Waals surface area contributed by atoms with Gasteiger partial charge in [0.05, 0.1) is 0 Å². The molecule has 0 bridgehead atoms. The van der Waals surface area contributed by atoms with E-state index in [0.717, 1.165) is 0 Å². The number of carbonyl (C=O) groups is 1. The van der Waals surface area contributed by atoms with Gasteiger partial charge in [0.25, 0.3) is 5.91 Å². The van der Waals surface area contributed by atoms with E-state index in [-0.39, 0.29) is 6.61 Å². The maximum absolute atomic E-state index is 10.8. The highest BCUT2D eigenvalue weighted by Gasteiger charge is 2.24. The minimum atomic E-state index is -0.671. The average Bonchev–Trinajstić information content (AvgIpc) is 2.17. The molecule has 1 aliphatic heterocycles. The highest BCUT2D eigenvalue weighted by molar-refractivity contribution is 5.79. The number of hydrogen-bond donors (Lipinski definition) is 1. The van der Waals surface area contributed by atoms with E-state index in [2.05, 4.69) is 0 Å². The Bertz CT molecular complexity index is 337. The number of rotatable bonds is 1. The molecule has 1 unspecified atom stereocenters. The van der Waals surface area contributed by atoms with Gasteiger partial charge in [-0.05, 0) is 12.1 Å². The van der Waals surface area contributed by atoms with E-state index in [1.165, 1.54) is 0 Å². The Morgan fingerprint density at radius 3 is 2.77 bits per heavy atom. The van der Waals surface area contributed by atoms with Gasteiger partial charge in [-0.1, -0.05) is 12.1 Å².